The molecule has 2 aromatic rings. The van der Waals surface area contributed by atoms with Crippen LogP contribution in [-0.4, -0.2) is 80.5 Å². The van der Waals surface area contributed by atoms with Crippen LogP contribution in [0.1, 0.15) is 0 Å². The highest BCUT2D eigenvalue weighted by Crippen LogP contribution is 2.48. The van der Waals surface area contributed by atoms with Crippen molar-refractivity contribution in [1.29, 1.82) is 0 Å². The van der Waals surface area contributed by atoms with Gasteiger partial charge in [0.15, 0.2) is 11.5 Å². The first-order valence-corrected chi connectivity index (χ1v) is 13.2. The van der Waals surface area contributed by atoms with E-state index in [9.17, 15) is 14.2 Å². The van der Waals surface area contributed by atoms with E-state index in [1.807, 2.05) is 0 Å². The fraction of sp³-hybridized carbons (Fsp3) is 0.562. The lowest BCUT2D eigenvalue weighted by atomic mass is 10.5. The number of aromatic nitrogens is 4. The number of hydrogen-bond acceptors (Lipinski definition) is 14. The lowest BCUT2D eigenvalue weighted by molar-refractivity contribution is -0.110. The van der Waals surface area contributed by atoms with Gasteiger partial charge in [-0.25, -0.2) is 15.0 Å². The number of carbonyl (C=O) groups is 2. The van der Waals surface area contributed by atoms with Crippen molar-refractivity contribution in [1.82, 2.24) is 19.5 Å². The fourth-order valence-electron chi connectivity index (χ4n) is 2.30. The number of nitrogens with two attached hydrogens (primary N) is 3. The third kappa shape index (κ3) is 10.2. The highest BCUT2D eigenvalue weighted by atomic mass is 35.5. The quantitative estimate of drug-likeness (QED) is 0.206. The van der Waals surface area contributed by atoms with Crippen LogP contribution in [0, 0.1) is 0 Å². The van der Waals surface area contributed by atoms with E-state index in [0.717, 1.165) is 23.5 Å². The van der Waals surface area contributed by atoms with E-state index in [-0.39, 0.29) is 79.2 Å². The molecule has 33 heavy (non-hydrogen) atoms. The topological polar surface area (TPSA) is 201 Å². The van der Waals surface area contributed by atoms with Gasteiger partial charge in [0, 0.05) is 18.1 Å². The first-order chi connectivity index (χ1) is 15.4. The molecule has 2 heterocycles. The number of fused-ring (bicyclic) bond motifs is 1. The van der Waals surface area contributed by atoms with E-state index < -0.39 is 7.60 Å². The molecule has 0 fully saturated rings. The van der Waals surface area contributed by atoms with Gasteiger partial charge in [0.05, 0.1) is 39.2 Å². The number of thioether (sulfide) groups is 2. The van der Waals surface area contributed by atoms with Crippen LogP contribution in [0.25, 0.3) is 11.2 Å². The summed E-state index contributed by atoms with van der Waals surface area (Å²) in [7, 11) is -3.62. The number of anilines is 1. The first kappa shape index (κ1) is 29.7. The minimum absolute atomic E-state index is 0. The smallest absolute Gasteiger partial charge is 0.356 e. The van der Waals surface area contributed by atoms with Crippen molar-refractivity contribution >= 4 is 70.7 Å². The molecule has 2 rings (SSSR count). The maximum absolute atomic E-state index is 13.0. The molecule has 0 aliphatic rings. The second kappa shape index (κ2) is 15.6. The summed E-state index contributed by atoms with van der Waals surface area (Å²) in [6.07, 6.45) is 2.60. The third-order valence-corrected chi connectivity index (χ3v) is 7.13. The molecule has 17 heteroatoms. The van der Waals surface area contributed by atoms with Crippen LogP contribution in [0.15, 0.2) is 12.7 Å². The summed E-state index contributed by atoms with van der Waals surface area (Å²) >= 11 is 1.96. The van der Waals surface area contributed by atoms with Crippen molar-refractivity contribution < 1.29 is 27.9 Å². The number of rotatable bonds is 15. The van der Waals surface area contributed by atoms with Crippen LogP contribution in [-0.2, 0) is 34.5 Å². The molecule has 2 aromatic heterocycles. The summed E-state index contributed by atoms with van der Waals surface area (Å²) in [5.41, 5.74) is 17.3. The van der Waals surface area contributed by atoms with Crippen LogP contribution in [0.5, 0.6) is 0 Å². The van der Waals surface area contributed by atoms with Crippen LogP contribution >= 0.6 is 43.5 Å². The predicted molar refractivity (Wildman–Crippen MR) is 130 cm³/mol. The minimum atomic E-state index is -3.62. The minimum Gasteiger partial charge on any atom is -0.382 e. The van der Waals surface area contributed by atoms with Gasteiger partial charge >= 0.3 is 7.60 Å². The molecular formula is C16H27ClN7O6PS2. The lowest BCUT2D eigenvalue weighted by Crippen LogP contribution is -2.14. The third-order valence-electron chi connectivity index (χ3n) is 3.76. The molecule has 0 saturated heterocycles. The zero-order chi connectivity index (χ0) is 23.4. The largest absolute Gasteiger partial charge is 0.382 e. The Bertz CT molecular complexity index is 925. The molecule has 0 bridgehead atoms. The Hall–Kier alpha value is -1.29. The molecule has 0 aromatic carbocycles. The van der Waals surface area contributed by atoms with Gasteiger partial charge in [-0.2, -0.15) is 0 Å². The average Bonchev–Trinajstić information content (AvgIpc) is 3.21. The Kier molecular flexibility index (Phi) is 14.0. The number of carbonyl (C=O) groups excluding carboxylic acids is 2. The standard InChI is InChI=1S/C16H26N7O6PS2.ClH/c17-7-12(24)31-5-3-28-30(26,29-4-6-32-13(25)8-18)11-27-2-1-23-10-22-14-15(19)20-9-21-16(14)23;/h9-10H,1-8,11,17-18H2,(H2,19,20,21);1H. The van der Waals surface area contributed by atoms with Gasteiger partial charge in [-0.1, -0.05) is 23.5 Å². The first-order valence-electron chi connectivity index (χ1n) is 9.47. The van der Waals surface area contributed by atoms with Crippen LogP contribution in [0.4, 0.5) is 5.82 Å². The molecule has 0 amide bonds. The summed E-state index contributed by atoms with van der Waals surface area (Å²) in [5, 5.41) is -0.399. The molecular weight excluding hydrogens is 517 g/mol. The van der Waals surface area contributed by atoms with Crippen molar-refractivity contribution in [2.45, 2.75) is 6.54 Å². The second-order valence-corrected chi connectivity index (χ2v) is 10.3. The summed E-state index contributed by atoms with van der Waals surface area (Å²) in [6, 6.07) is 0. The van der Waals surface area contributed by atoms with Gasteiger partial charge in [0.25, 0.3) is 0 Å². The fourth-order valence-corrected chi connectivity index (χ4v) is 4.88. The second-order valence-electron chi connectivity index (χ2n) is 6.03. The number of hydrogen-bond donors (Lipinski definition) is 3. The van der Waals surface area contributed by atoms with Crippen molar-refractivity contribution in [3.8, 4) is 0 Å². The zero-order valence-electron chi connectivity index (χ0n) is 17.7. The van der Waals surface area contributed by atoms with E-state index in [1.165, 1.54) is 6.33 Å². The van der Waals surface area contributed by atoms with E-state index in [2.05, 4.69) is 15.0 Å². The molecule has 0 unspecified atom stereocenters. The number of nitrogens with zero attached hydrogens (tertiary/aromatic N) is 4. The predicted octanol–water partition coefficient (Wildman–Crippen LogP) is 0.468. The van der Waals surface area contributed by atoms with Crippen LogP contribution in [0.3, 0.4) is 0 Å². The summed E-state index contributed by atoms with van der Waals surface area (Å²) < 4.78 is 31.0. The number of nitrogen functional groups attached to an aromatic ring is 1. The highest BCUT2D eigenvalue weighted by molar-refractivity contribution is 8.14. The van der Waals surface area contributed by atoms with Crippen LogP contribution < -0.4 is 17.2 Å². The van der Waals surface area contributed by atoms with Crippen molar-refractivity contribution in [3.05, 3.63) is 12.7 Å². The molecule has 0 radical (unpaired) electrons. The van der Waals surface area contributed by atoms with Gasteiger partial charge in [0.1, 0.15) is 18.2 Å². The van der Waals surface area contributed by atoms with Crippen molar-refractivity contribution in [2.24, 2.45) is 11.5 Å². The zero-order valence-corrected chi connectivity index (χ0v) is 21.0. The monoisotopic (exact) mass is 543 g/mol. The maximum atomic E-state index is 13.0. The van der Waals surface area contributed by atoms with E-state index in [1.54, 1.807) is 10.9 Å². The maximum Gasteiger partial charge on any atom is 0.356 e. The average molecular weight is 544 g/mol. The number of ether oxygens (including phenoxy) is 1. The van der Waals surface area contributed by atoms with E-state index in [0.29, 0.717) is 17.7 Å². The molecule has 0 spiro atoms. The number of imidazole rings is 1. The van der Waals surface area contributed by atoms with Gasteiger partial charge in [-0.3, -0.25) is 14.2 Å². The van der Waals surface area contributed by atoms with Crippen LogP contribution in [0.2, 0.25) is 0 Å². The molecule has 13 nitrogen and oxygen atoms in total. The van der Waals surface area contributed by atoms with Crippen molar-refractivity contribution in [3.63, 3.8) is 0 Å². The molecule has 0 saturated carbocycles. The Balaban J connectivity index is 0.00000544. The molecule has 0 atom stereocenters. The Morgan fingerprint density at radius 3 is 2.18 bits per heavy atom. The van der Waals surface area contributed by atoms with Gasteiger partial charge in [0.2, 0.25) is 10.2 Å². The van der Waals surface area contributed by atoms with E-state index in [4.69, 9.17) is 31.0 Å². The SMILES string of the molecule is Cl.NCC(=O)SCCOP(=O)(COCCn1cnc2c(N)ncnc21)OCCSC(=O)CN. The van der Waals surface area contributed by atoms with Crippen molar-refractivity contribution in [2.75, 3.05) is 56.5 Å². The Morgan fingerprint density at radius 1 is 1.00 bits per heavy atom. The summed E-state index contributed by atoms with van der Waals surface area (Å²) in [5.74, 6) is 0.815. The Morgan fingerprint density at radius 2 is 1.61 bits per heavy atom. The molecule has 0 aliphatic heterocycles. The summed E-state index contributed by atoms with van der Waals surface area (Å²) in [6.45, 7) is 0.381. The summed E-state index contributed by atoms with van der Waals surface area (Å²) in [4.78, 5) is 34.7. The Labute approximate surface area is 205 Å². The highest BCUT2D eigenvalue weighted by Gasteiger charge is 2.25. The van der Waals surface area contributed by atoms with Gasteiger partial charge < -0.3 is 35.6 Å². The molecule has 186 valence electrons. The van der Waals surface area contributed by atoms with Gasteiger partial charge in [-0.05, 0) is 0 Å². The van der Waals surface area contributed by atoms with Gasteiger partial charge in [-0.15, -0.1) is 12.4 Å². The van der Waals surface area contributed by atoms with E-state index >= 15 is 0 Å². The normalized spacial score (nSPS) is 11.5. The number of halogens is 1. The molecule has 0 aliphatic carbocycles. The molecule has 6 N–H and O–H groups in total. The lowest BCUT2D eigenvalue weighted by Gasteiger charge is -2.18.